The average molecular weight is 334 g/mol. The summed E-state index contributed by atoms with van der Waals surface area (Å²) in [5.74, 6) is -1.63. The maximum atomic E-state index is 12.6. The van der Waals surface area contributed by atoms with Gasteiger partial charge >= 0.3 is 0 Å². The molecule has 1 saturated heterocycles. The van der Waals surface area contributed by atoms with Crippen LogP contribution in [0.4, 0.5) is 8.78 Å². The normalized spacial score (nSPS) is 18.2. The molecule has 0 spiro atoms. The predicted molar refractivity (Wildman–Crippen MR) is 75.1 cm³/mol. The Kier molecular flexibility index (Phi) is 4.46. The second kappa shape index (κ2) is 5.75. The van der Waals surface area contributed by atoms with Crippen molar-refractivity contribution < 1.29 is 13.5 Å². The highest BCUT2D eigenvalue weighted by Crippen LogP contribution is 2.27. The lowest BCUT2D eigenvalue weighted by Crippen LogP contribution is -2.56. The van der Waals surface area contributed by atoms with Gasteiger partial charge in [-0.2, -0.15) is 0 Å². The summed E-state index contributed by atoms with van der Waals surface area (Å²) in [5.41, 5.74) is 2.27. The molecule has 0 amide bonds. The first-order valence-corrected chi connectivity index (χ1v) is 7.16. The number of rotatable bonds is 5. The molecule has 19 heavy (non-hydrogen) atoms. The van der Waals surface area contributed by atoms with Crippen LogP contribution in [0.1, 0.15) is 17.5 Å². The van der Waals surface area contributed by atoms with E-state index in [-0.39, 0.29) is 13.1 Å². The van der Waals surface area contributed by atoms with Crippen LogP contribution in [0.15, 0.2) is 16.6 Å². The van der Waals surface area contributed by atoms with E-state index in [9.17, 15) is 8.78 Å². The summed E-state index contributed by atoms with van der Waals surface area (Å²) < 4.78 is 32.0. The van der Waals surface area contributed by atoms with Crippen LogP contribution in [0.25, 0.3) is 0 Å². The van der Waals surface area contributed by atoms with Crippen molar-refractivity contribution in [3.8, 4) is 5.75 Å². The number of hydrogen-bond donors (Lipinski definition) is 0. The molecule has 0 bridgehead atoms. The SMILES string of the molecule is Cc1cc(OCCCN2CC(F)(F)C2)cc(C)c1Br. The average Bonchev–Trinajstić information content (AvgIpc) is 2.29. The number of ether oxygens (including phenoxy) is 1. The Bertz CT molecular complexity index is 434. The molecule has 0 unspecified atom stereocenters. The molecule has 0 aromatic heterocycles. The lowest BCUT2D eigenvalue weighted by Gasteiger charge is -2.38. The quantitative estimate of drug-likeness (QED) is 0.760. The minimum atomic E-state index is -2.47. The van der Waals surface area contributed by atoms with Gasteiger partial charge in [0.25, 0.3) is 5.92 Å². The van der Waals surface area contributed by atoms with Crippen molar-refractivity contribution in [2.24, 2.45) is 0 Å². The van der Waals surface area contributed by atoms with Crippen LogP contribution >= 0.6 is 15.9 Å². The van der Waals surface area contributed by atoms with Gasteiger partial charge in [0, 0.05) is 11.0 Å². The molecule has 0 radical (unpaired) electrons. The summed E-state index contributed by atoms with van der Waals surface area (Å²) in [6.45, 7) is 5.05. The van der Waals surface area contributed by atoms with Crippen LogP contribution in [-0.2, 0) is 0 Å². The third-order valence-corrected chi connectivity index (χ3v) is 4.46. The number of alkyl halides is 2. The molecule has 1 aromatic carbocycles. The van der Waals surface area contributed by atoms with E-state index >= 15 is 0 Å². The maximum absolute atomic E-state index is 12.6. The Morgan fingerprint density at radius 1 is 1.26 bits per heavy atom. The lowest BCUT2D eigenvalue weighted by atomic mass is 10.1. The van der Waals surface area contributed by atoms with Crippen LogP contribution in [0.2, 0.25) is 0 Å². The van der Waals surface area contributed by atoms with Crippen molar-refractivity contribution in [2.75, 3.05) is 26.2 Å². The maximum Gasteiger partial charge on any atom is 0.272 e. The first-order chi connectivity index (χ1) is 8.87. The summed E-state index contributed by atoms with van der Waals surface area (Å²) in [4.78, 5) is 1.75. The van der Waals surface area contributed by atoms with Gasteiger partial charge in [-0.3, -0.25) is 4.90 Å². The van der Waals surface area contributed by atoms with Crippen molar-refractivity contribution in [1.29, 1.82) is 0 Å². The van der Waals surface area contributed by atoms with E-state index in [2.05, 4.69) is 15.9 Å². The largest absolute Gasteiger partial charge is 0.494 e. The van der Waals surface area contributed by atoms with Crippen LogP contribution in [0.5, 0.6) is 5.75 Å². The summed E-state index contributed by atoms with van der Waals surface area (Å²) in [6.07, 6.45) is 0.768. The number of halogens is 3. The van der Waals surface area contributed by atoms with Crippen molar-refractivity contribution in [3.63, 3.8) is 0 Å². The highest BCUT2D eigenvalue weighted by atomic mass is 79.9. The minimum absolute atomic E-state index is 0.108. The highest BCUT2D eigenvalue weighted by Gasteiger charge is 2.43. The Labute approximate surface area is 120 Å². The van der Waals surface area contributed by atoms with Crippen LogP contribution < -0.4 is 4.74 Å². The molecule has 1 aliphatic heterocycles. The smallest absolute Gasteiger partial charge is 0.272 e. The Morgan fingerprint density at radius 3 is 2.37 bits per heavy atom. The predicted octanol–water partition coefficient (Wildman–Crippen LogP) is 3.79. The van der Waals surface area contributed by atoms with Crippen LogP contribution in [-0.4, -0.2) is 37.1 Å². The van der Waals surface area contributed by atoms with E-state index in [1.54, 1.807) is 4.90 Å². The number of aryl methyl sites for hydroxylation is 2. The Morgan fingerprint density at radius 2 is 1.84 bits per heavy atom. The van der Waals surface area contributed by atoms with Gasteiger partial charge in [-0.1, -0.05) is 15.9 Å². The Balaban J connectivity index is 1.72. The molecule has 2 nitrogen and oxygen atoms in total. The molecular weight excluding hydrogens is 316 g/mol. The van der Waals surface area contributed by atoms with E-state index in [4.69, 9.17) is 4.74 Å². The molecule has 0 N–H and O–H groups in total. The Hall–Kier alpha value is -0.680. The molecule has 1 heterocycles. The summed E-state index contributed by atoms with van der Waals surface area (Å²) >= 11 is 3.51. The standard InChI is InChI=1S/C14H18BrF2NO/c1-10-6-12(7-11(2)13(10)15)19-5-3-4-18-8-14(16,17)9-18/h6-7H,3-5,8-9H2,1-2H3. The van der Waals surface area contributed by atoms with Gasteiger partial charge in [0.2, 0.25) is 0 Å². The van der Waals surface area contributed by atoms with Gasteiger partial charge in [-0.25, -0.2) is 8.78 Å². The summed E-state index contributed by atoms with van der Waals surface area (Å²) in [6, 6.07) is 3.96. The minimum Gasteiger partial charge on any atom is -0.494 e. The van der Waals surface area contributed by atoms with Gasteiger partial charge in [0.15, 0.2) is 0 Å². The van der Waals surface area contributed by atoms with Gasteiger partial charge < -0.3 is 4.74 Å². The van der Waals surface area contributed by atoms with Gasteiger partial charge in [-0.15, -0.1) is 0 Å². The molecule has 2 rings (SSSR count). The number of hydrogen-bond acceptors (Lipinski definition) is 2. The molecule has 1 aromatic rings. The molecule has 1 aliphatic rings. The van der Waals surface area contributed by atoms with Gasteiger partial charge in [-0.05, 0) is 43.5 Å². The molecular formula is C14H18BrF2NO. The van der Waals surface area contributed by atoms with E-state index in [1.807, 2.05) is 26.0 Å². The fourth-order valence-electron chi connectivity index (χ4n) is 2.23. The van der Waals surface area contributed by atoms with E-state index in [0.717, 1.165) is 27.8 Å². The second-order valence-electron chi connectivity index (χ2n) is 5.14. The van der Waals surface area contributed by atoms with Crippen molar-refractivity contribution in [1.82, 2.24) is 4.90 Å². The van der Waals surface area contributed by atoms with Crippen molar-refractivity contribution in [2.45, 2.75) is 26.2 Å². The highest BCUT2D eigenvalue weighted by molar-refractivity contribution is 9.10. The number of nitrogens with zero attached hydrogens (tertiary/aromatic N) is 1. The third kappa shape index (κ3) is 3.89. The first-order valence-electron chi connectivity index (χ1n) is 6.37. The van der Waals surface area contributed by atoms with E-state index < -0.39 is 5.92 Å². The zero-order valence-corrected chi connectivity index (χ0v) is 12.8. The van der Waals surface area contributed by atoms with E-state index in [0.29, 0.717) is 13.2 Å². The molecule has 0 saturated carbocycles. The first kappa shape index (κ1) is 14.7. The summed E-state index contributed by atoms with van der Waals surface area (Å²) in [5, 5.41) is 0. The van der Waals surface area contributed by atoms with Gasteiger partial charge in [0.1, 0.15) is 5.75 Å². The van der Waals surface area contributed by atoms with E-state index in [1.165, 1.54) is 0 Å². The third-order valence-electron chi connectivity index (χ3n) is 3.21. The van der Waals surface area contributed by atoms with Crippen molar-refractivity contribution in [3.05, 3.63) is 27.7 Å². The second-order valence-corrected chi connectivity index (χ2v) is 5.93. The molecule has 5 heteroatoms. The molecule has 106 valence electrons. The number of likely N-dealkylation sites (tertiary alicyclic amines) is 1. The monoisotopic (exact) mass is 333 g/mol. The zero-order valence-electron chi connectivity index (χ0n) is 11.2. The van der Waals surface area contributed by atoms with Crippen LogP contribution in [0, 0.1) is 13.8 Å². The molecule has 1 fully saturated rings. The topological polar surface area (TPSA) is 12.5 Å². The summed E-state index contributed by atoms with van der Waals surface area (Å²) in [7, 11) is 0. The zero-order chi connectivity index (χ0) is 14.0. The fraction of sp³-hybridized carbons (Fsp3) is 0.571. The number of benzene rings is 1. The molecule has 0 aliphatic carbocycles. The molecule has 0 atom stereocenters. The van der Waals surface area contributed by atoms with Gasteiger partial charge in [0.05, 0.1) is 19.7 Å². The fourth-order valence-corrected chi connectivity index (χ4v) is 2.46. The van der Waals surface area contributed by atoms with Crippen LogP contribution in [0.3, 0.4) is 0 Å². The van der Waals surface area contributed by atoms with Crippen molar-refractivity contribution >= 4 is 15.9 Å². The lowest BCUT2D eigenvalue weighted by molar-refractivity contribution is -0.130.